The van der Waals surface area contributed by atoms with Crippen LogP contribution in [0, 0.1) is 5.92 Å². The van der Waals surface area contributed by atoms with Crippen LogP contribution < -0.4 is 0 Å². The van der Waals surface area contributed by atoms with Gasteiger partial charge in [-0.3, -0.25) is 0 Å². The summed E-state index contributed by atoms with van der Waals surface area (Å²) in [6.45, 7) is 4.32. The van der Waals surface area contributed by atoms with E-state index in [1.54, 1.807) is 0 Å². The number of carbonyl (C=O) groups excluding carboxylic acids is 1. The number of unbranched alkanes of at least 4 members (excludes halogenated alkanes) is 2. The molecule has 82 valence electrons. The summed E-state index contributed by atoms with van der Waals surface area (Å²) >= 11 is 0. The highest BCUT2D eigenvalue weighted by atomic mass is 16.1. The van der Waals surface area contributed by atoms with Gasteiger partial charge in [-0.05, 0) is 32.1 Å². The summed E-state index contributed by atoms with van der Waals surface area (Å²) in [5.74, 6) is 0.310. The molecule has 0 aromatic rings. The maximum atomic E-state index is 10.7. The largest absolute Gasteiger partial charge is 0.303 e. The number of aldehydes is 1. The van der Waals surface area contributed by atoms with Crippen LogP contribution in [0.15, 0.2) is 12.2 Å². The number of hydrogen-bond donors (Lipinski definition) is 0. The molecule has 0 rings (SSSR count). The van der Waals surface area contributed by atoms with Gasteiger partial charge in [0.1, 0.15) is 6.29 Å². The second kappa shape index (κ2) is 10.5. The first kappa shape index (κ1) is 13.4. The predicted octanol–water partition coefficient (Wildman–Crippen LogP) is 4.13. The van der Waals surface area contributed by atoms with Crippen LogP contribution in [0.25, 0.3) is 0 Å². The van der Waals surface area contributed by atoms with Crippen LogP contribution in [0.1, 0.15) is 58.8 Å². The Balaban J connectivity index is 3.42. The van der Waals surface area contributed by atoms with Crippen molar-refractivity contribution in [2.75, 3.05) is 0 Å². The SMILES string of the molecule is CC/C=C/CCCC(C=O)CCCC. The lowest BCUT2D eigenvalue weighted by Gasteiger charge is -2.07. The van der Waals surface area contributed by atoms with Crippen LogP contribution in [0.5, 0.6) is 0 Å². The third kappa shape index (κ3) is 8.03. The number of allylic oxidation sites excluding steroid dienone is 2. The summed E-state index contributed by atoms with van der Waals surface area (Å²) < 4.78 is 0. The first-order chi connectivity index (χ1) is 6.85. The molecule has 0 amide bonds. The minimum absolute atomic E-state index is 0.310. The van der Waals surface area contributed by atoms with Crippen LogP contribution in [0.2, 0.25) is 0 Å². The maximum absolute atomic E-state index is 10.7. The quantitative estimate of drug-likeness (QED) is 0.308. The fourth-order valence-electron chi connectivity index (χ4n) is 1.53. The molecule has 0 aromatic heterocycles. The summed E-state index contributed by atoms with van der Waals surface area (Å²) in [6, 6.07) is 0. The van der Waals surface area contributed by atoms with E-state index < -0.39 is 0 Å². The van der Waals surface area contributed by atoms with E-state index in [2.05, 4.69) is 26.0 Å². The Morgan fingerprint density at radius 2 is 1.79 bits per heavy atom. The molecule has 14 heavy (non-hydrogen) atoms. The first-order valence-electron chi connectivity index (χ1n) is 5.95. The summed E-state index contributed by atoms with van der Waals surface area (Å²) in [5, 5.41) is 0. The molecule has 0 radical (unpaired) electrons. The molecular weight excluding hydrogens is 172 g/mol. The van der Waals surface area contributed by atoms with Gasteiger partial charge in [0, 0.05) is 5.92 Å². The van der Waals surface area contributed by atoms with E-state index in [-0.39, 0.29) is 0 Å². The van der Waals surface area contributed by atoms with E-state index >= 15 is 0 Å². The Morgan fingerprint density at radius 3 is 2.36 bits per heavy atom. The molecule has 0 N–H and O–H groups in total. The third-order valence-corrected chi connectivity index (χ3v) is 2.47. The van der Waals surface area contributed by atoms with Crippen molar-refractivity contribution in [3.8, 4) is 0 Å². The molecule has 0 saturated heterocycles. The lowest BCUT2D eigenvalue weighted by Crippen LogP contribution is -2.01. The van der Waals surface area contributed by atoms with Crippen molar-refractivity contribution in [1.82, 2.24) is 0 Å². The highest BCUT2D eigenvalue weighted by molar-refractivity contribution is 5.53. The first-order valence-corrected chi connectivity index (χ1v) is 5.95. The second-order valence-electron chi connectivity index (χ2n) is 3.85. The van der Waals surface area contributed by atoms with Gasteiger partial charge < -0.3 is 4.79 Å². The minimum atomic E-state index is 0.310. The smallest absolute Gasteiger partial charge is 0.123 e. The lowest BCUT2D eigenvalue weighted by atomic mass is 9.97. The van der Waals surface area contributed by atoms with Crippen molar-refractivity contribution in [2.45, 2.75) is 58.8 Å². The molecule has 0 fully saturated rings. The Labute approximate surface area is 88.6 Å². The number of rotatable bonds is 9. The molecule has 0 aliphatic carbocycles. The van der Waals surface area contributed by atoms with Crippen molar-refractivity contribution < 1.29 is 4.79 Å². The number of carbonyl (C=O) groups is 1. The highest BCUT2D eigenvalue weighted by Gasteiger charge is 2.04. The monoisotopic (exact) mass is 196 g/mol. The summed E-state index contributed by atoms with van der Waals surface area (Å²) in [4.78, 5) is 10.7. The van der Waals surface area contributed by atoms with Crippen molar-refractivity contribution in [3.63, 3.8) is 0 Å². The normalized spacial score (nSPS) is 13.3. The summed E-state index contributed by atoms with van der Waals surface area (Å²) in [7, 11) is 0. The molecule has 1 nitrogen and oxygen atoms in total. The van der Waals surface area contributed by atoms with E-state index in [1.165, 1.54) is 12.8 Å². The molecule has 0 bridgehead atoms. The standard InChI is InChI=1S/C13H24O/c1-3-5-7-8-9-11-13(12-14)10-6-4-2/h5,7,12-13H,3-4,6,8-11H2,1-2H3/b7-5+. The molecule has 0 aliphatic rings. The Bertz CT molecular complexity index is 149. The molecule has 1 unspecified atom stereocenters. The van der Waals surface area contributed by atoms with Crippen molar-refractivity contribution >= 4 is 6.29 Å². The lowest BCUT2D eigenvalue weighted by molar-refractivity contribution is -0.111. The molecule has 0 spiro atoms. The molecule has 0 saturated carbocycles. The van der Waals surface area contributed by atoms with Crippen LogP contribution in [-0.4, -0.2) is 6.29 Å². The van der Waals surface area contributed by atoms with Gasteiger partial charge in [-0.25, -0.2) is 0 Å². The van der Waals surface area contributed by atoms with Crippen molar-refractivity contribution in [2.24, 2.45) is 5.92 Å². The van der Waals surface area contributed by atoms with Gasteiger partial charge in [-0.15, -0.1) is 0 Å². The van der Waals surface area contributed by atoms with Gasteiger partial charge in [-0.1, -0.05) is 38.8 Å². The summed E-state index contributed by atoms with van der Waals surface area (Å²) in [6.07, 6.45) is 13.5. The average Bonchev–Trinajstić information content (AvgIpc) is 2.22. The van der Waals surface area contributed by atoms with Gasteiger partial charge in [0.2, 0.25) is 0 Å². The number of hydrogen-bond acceptors (Lipinski definition) is 1. The molecule has 1 atom stereocenters. The second-order valence-corrected chi connectivity index (χ2v) is 3.85. The van der Waals surface area contributed by atoms with Gasteiger partial charge in [0.15, 0.2) is 0 Å². The summed E-state index contributed by atoms with van der Waals surface area (Å²) in [5.41, 5.74) is 0. The van der Waals surface area contributed by atoms with E-state index in [0.717, 1.165) is 38.4 Å². The fraction of sp³-hybridized carbons (Fsp3) is 0.769. The van der Waals surface area contributed by atoms with E-state index in [9.17, 15) is 4.79 Å². The van der Waals surface area contributed by atoms with Crippen LogP contribution >= 0.6 is 0 Å². The van der Waals surface area contributed by atoms with Gasteiger partial charge in [0.25, 0.3) is 0 Å². The molecular formula is C13H24O. The Kier molecular flexibility index (Phi) is 10.0. The highest BCUT2D eigenvalue weighted by Crippen LogP contribution is 2.13. The van der Waals surface area contributed by atoms with Crippen molar-refractivity contribution in [1.29, 1.82) is 0 Å². The Morgan fingerprint density at radius 1 is 1.07 bits per heavy atom. The molecule has 0 aromatic carbocycles. The van der Waals surface area contributed by atoms with Crippen molar-refractivity contribution in [3.05, 3.63) is 12.2 Å². The molecule has 0 aliphatic heterocycles. The zero-order valence-electron chi connectivity index (χ0n) is 9.67. The predicted molar refractivity (Wildman–Crippen MR) is 62.4 cm³/mol. The van der Waals surface area contributed by atoms with E-state index in [1.807, 2.05) is 0 Å². The van der Waals surface area contributed by atoms with E-state index in [4.69, 9.17) is 0 Å². The maximum Gasteiger partial charge on any atom is 0.123 e. The fourth-order valence-corrected chi connectivity index (χ4v) is 1.53. The zero-order chi connectivity index (χ0) is 10.6. The van der Waals surface area contributed by atoms with Gasteiger partial charge in [0.05, 0.1) is 0 Å². The van der Waals surface area contributed by atoms with Crippen LogP contribution in [0.3, 0.4) is 0 Å². The van der Waals surface area contributed by atoms with Gasteiger partial charge >= 0.3 is 0 Å². The molecule has 0 heterocycles. The zero-order valence-corrected chi connectivity index (χ0v) is 9.67. The third-order valence-electron chi connectivity index (χ3n) is 2.47. The minimum Gasteiger partial charge on any atom is -0.303 e. The van der Waals surface area contributed by atoms with Crippen LogP contribution in [-0.2, 0) is 4.79 Å². The average molecular weight is 196 g/mol. The molecule has 1 heteroatoms. The Hall–Kier alpha value is -0.590. The van der Waals surface area contributed by atoms with Gasteiger partial charge in [-0.2, -0.15) is 0 Å². The van der Waals surface area contributed by atoms with E-state index in [0.29, 0.717) is 5.92 Å². The topological polar surface area (TPSA) is 17.1 Å². The van der Waals surface area contributed by atoms with Crippen LogP contribution in [0.4, 0.5) is 0 Å².